The summed E-state index contributed by atoms with van der Waals surface area (Å²) in [6.07, 6.45) is 1.43. The predicted molar refractivity (Wildman–Crippen MR) is 93.2 cm³/mol. The number of carbonyl (C=O) groups excluding carboxylic acids is 1. The van der Waals surface area contributed by atoms with Crippen molar-refractivity contribution >= 4 is 12.0 Å². The van der Waals surface area contributed by atoms with E-state index in [1.807, 2.05) is 27.7 Å². The summed E-state index contributed by atoms with van der Waals surface area (Å²) in [5.41, 5.74) is 1.49. The molecule has 1 aliphatic heterocycles. The number of aromatic nitrogens is 3. The van der Waals surface area contributed by atoms with Crippen LogP contribution < -0.4 is 4.90 Å². The maximum absolute atomic E-state index is 12.3. The van der Waals surface area contributed by atoms with Gasteiger partial charge in [-0.1, -0.05) is 13.8 Å². The van der Waals surface area contributed by atoms with Crippen LogP contribution in [0.2, 0.25) is 0 Å². The van der Waals surface area contributed by atoms with Crippen molar-refractivity contribution < 1.29 is 9.53 Å². The third kappa shape index (κ3) is 4.33. The summed E-state index contributed by atoms with van der Waals surface area (Å²) < 4.78 is 5.48. The molecule has 2 rings (SSSR count). The Morgan fingerprint density at radius 1 is 1.17 bits per heavy atom. The lowest BCUT2D eigenvalue weighted by molar-refractivity contribution is 0.0158. The van der Waals surface area contributed by atoms with E-state index in [4.69, 9.17) is 4.74 Å². The fourth-order valence-electron chi connectivity index (χ4n) is 2.79. The van der Waals surface area contributed by atoms with Crippen LogP contribution in [0.5, 0.6) is 0 Å². The smallest absolute Gasteiger partial charge is 0.410 e. The molecule has 0 spiro atoms. The van der Waals surface area contributed by atoms with Gasteiger partial charge in [0, 0.05) is 25.7 Å². The Morgan fingerprint density at radius 2 is 1.83 bits per heavy atom. The van der Waals surface area contributed by atoms with Gasteiger partial charge in [-0.05, 0) is 40.5 Å². The van der Waals surface area contributed by atoms with E-state index in [2.05, 4.69) is 33.9 Å². The molecule has 0 aliphatic carbocycles. The maximum atomic E-state index is 12.3. The molecule has 0 radical (unpaired) electrons. The minimum Gasteiger partial charge on any atom is -0.444 e. The van der Waals surface area contributed by atoms with Crippen LogP contribution >= 0.6 is 0 Å². The van der Waals surface area contributed by atoms with Crippen molar-refractivity contribution in [3.63, 3.8) is 0 Å². The number of ether oxygens (including phenoxy) is 1. The molecule has 24 heavy (non-hydrogen) atoms. The number of piperazine rings is 1. The number of amides is 1. The van der Waals surface area contributed by atoms with Crippen molar-refractivity contribution in [1.82, 2.24) is 20.1 Å². The second-order valence-corrected chi connectivity index (χ2v) is 7.18. The molecule has 7 nitrogen and oxygen atoms in total. The van der Waals surface area contributed by atoms with E-state index >= 15 is 0 Å². The molecule has 7 heteroatoms. The van der Waals surface area contributed by atoms with E-state index in [0.29, 0.717) is 25.6 Å². The highest BCUT2D eigenvalue weighted by Gasteiger charge is 2.31. The molecule has 1 unspecified atom stereocenters. The summed E-state index contributed by atoms with van der Waals surface area (Å²) in [4.78, 5) is 20.8. The zero-order valence-corrected chi connectivity index (χ0v) is 15.7. The average molecular weight is 335 g/mol. The summed E-state index contributed by atoms with van der Waals surface area (Å²) in [5.74, 6) is 0.653. The Labute approximate surface area is 144 Å². The van der Waals surface area contributed by atoms with E-state index in [1.165, 1.54) is 0 Å². The van der Waals surface area contributed by atoms with Crippen molar-refractivity contribution in [2.45, 2.75) is 66.0 Å². The molecular weight excluding hydrogens is 306 g/mol. The van der Waals surface area contributed by atoms with Crippen molar-refractivity contribution in [2.75, 3.05) is 24.5 Å². The van der Waals surface area contributed by atoms with Crippen LogP contribution in [0.3, 0.4) is 0 Å². The number of rotatable bonds is 3. The third-order valence-corrected chi connectivity index (χ3v) is 4.04. The van der Waals surface area contributed by atoms with Gasteiger partial charge in [0.25, 0.3) is 0 Å². The lowest BCUT2D eigenvalue weighted by Crippen LogP contribution is -2.55. The Balaban J connectivity index is 2.06. The Kier molecular flexibility index (Phi) is 5.62. The van der Waals surface area contributed by atoms with Crippen LogP contribution in [0.25, 0.3) is 0 Å². The van der Waals surface area contributed by atoms with E-state index in [-0.39, 0.29) is 12.1 Å². The normalized spacial score (nSPS) is 18.7. The molecule has 1 fully saturated rings. The first-order chi connectivity index (χ1) is 11.2. The fourth-order valence-corrected chi connectivity index (χ4v) is 2.79. The largest absolute Gasteiger partial charge is 0.444 e. The standard InChI is InChI=1S/C17H29N5O2/c1-7-13-14(8-2)19-20-15(18-13)21-9-10-22(12(3)11-21)16(23)24-17(4,5)6/h12H,7-11H2,1-6H3. The van der Waals surface area contributed by atoms with E-state index in [9.17, 15) is 4.79 Å². The Hall–Kier alpha value is -1.92. The molecule has 1 saturated heterocycles. The number of hydrogen-bond acceptors (Lipinski definition) is 6. The van der Waals surface area contributed by atoms with Crippen LogP contribution in [-0.4, -0.2) is 57.5 Å². The monoisotopic (exact) mass is 335 g/mol. The first-order valence-corrected chi connectivity index (χ1v) is 8.72. The Bertz CT molecular complexity index is 585. The van der Waals surface area contributed by atoms with Gasteiger partial charge in [0.15, 0.2) is 0 Å². The van der Waals surface area contributed by atoms with Gasteiger partial charge in [-0.3, -0.25) is 0 Å². The molecule has 0 bridgehead atoms. The molecule has 0 aromatic carbocycles. The van der Waals surface area contributed by atoms with Gasteiger partial charge in [-0.15, -0.1) is 5.10 Å². The number of nitrogens with zero attached hydrogens (tertiary/aromatic N) is 5. The van der Waals surface area contributed by atoms with Crippen molar-refractivity contribution in [1.29, 1.82) is 0 Å². The fraction of sp³-hybridized carbons (Fsp3) is 0.765. The number of anilines is 1. The van der Waals surface area contributed by atoms with E-state index in [0.717, 1.165) is 24.2 Å². The van der Waals surface area contributed by atoms with Crippen molar-refractivity contribution in [3.05, 3.63) is 11.4 Å². The van der Waals surface area contributed by atoms with E-state index in [1.54, 1.807) is 4.90 Å². The third-order valence-electron chi connectivity index (χ3n) is 4.04. The van der Waals surface area contributed by atoms with Crippen LogP contribution in [0.15, 0.2) is 0 Å². The molecule has 1 aliphatic rings. The van der Waals surface area contributed by atoms with Gasteiger partial charge < -0.3 is 14.5 Å². The van der Waals surface area contributed by atoms with Gasteiger partial charge in [0.2, 0.25) is 5.95 Å². The van der Waals surface area contributed by atoms with Gasteiger partial charge in [0.1, 0.15) is 5.60 Å². The zero-order chi connectivity index (χ0) is 17.9. The number of aryl methyl sites for hydroxylation is 2. The molecule has 1 aromatic rings. The summed E-state index contributed by atoms with van der Waals surface area (Å²) in [5, 5.41) is 8.59. The topological polar surface area (TPSA) is 71.5 Å². The summed E-state index contributed by atoms with van der Waals surface area (Å²) in [6, 6.07) is 0.0353. The molecule has 1 aromatic heterocycles. The lowest BCUT2D eigenvalue weighted by atomic mass is 10.2. The molecule has 2 heterocycles. The molecule has 134 valence electrons. The van der Waals surface area contributed by atoms with Crippen LogP contribution in [0.1, 0.15) is 52.9 Å². The quantitative estimate of drug-likeness (QED) is 0.845. The van der Waals surface area contributed by atoms with Gasteiger partial charge in [0.05, 0.1) is 11.4 Å². The van der Waals surface area contributed by atoms with Crippen LogP contribution in [-0.2, 0) is 17.6 Å². The summed E-state index contributed by atoms with van der Waals surface area (Å²) >= 11 is 0. The lowest BCUT2D eigenvalue weighted by Gasteiger charge is -2.40. The Morgan fingerprint density at radius 3 is 2.38 bits per heavy atom. The van der Waals surface area contributed by atoms with E-state index < -0.39 is 5.60 Å². The second-order valence-electron chi connectivity index (χ2n) is 7.18. The number of carbonyl (C=O) groups is 1. The highest BCUT2D eigenvalue weighted by molar-refractivity contribution is 5.69. The zero-order valence-electron chi connectivity index (χ0n) is 15.7. The van der Waals surface area contributed by atoms with Crippen molar-refractivity contribution in [2.24, 2.45) is 0 Å². The average Bonchev–Trinajstić information content (AvgIpc) is 2.52. The molecular formula is C17H29N5O2. The summed E-state index contributed by atoms with van der Waals surface area (Å²) in [6.45, 7) is 13.8. The van der Waals surface area contributed by atoms with Crippen molar-refractivity contribution in [3.8, 4) is 0 Å². The molecule has 1 atom stereocenters. The molecule has 0 saturated carbocycles. The van der Waals surface area contributed by atoms with Gasteiger partial charge in [-0.2, -0.15) is 5.10 Å². The maximum Gasteiger partial charge on any atom is 0.410 e. The van der Waals surface area contributed by atoms with Crippen LogP contribution in [0, 0.1) is 0 Å². The minimum absolute atomic E-state index is 0.0353. The first-order valence-electron chi connectivity index (χ1n) is 8.72. The highest BCUT2D eigenvalue weighted by atomic mass is 16.6. The minimum atomic E-state index is -0.479. The van der Waals surface area contributed by atoms with Gasteiger partial charge >= 0.3 is 6.09 Å². The highest BCUT2D eigenvalue weighted by Crippen LogP contribution is 2.19. The summed E-state index contributed by atoms with van der Waals surface area (Å²) in [7, 11) is 0. The molecule has 1 amide bonds. The SMILES string of the molecule is CCc1nnc(N2CCN(C(=O)OC(C)(C)C)C(C)C2)nc1CC. The first kappa shape index (κ1) is 18.4. The second kappa shape index (κ2) is 7.32. The van der Waals surface area contributed by atoms with Crippen LogP contribution in [0.4, 0.5) is 10.7 Å². The number of hydrogen-bond donors (Lipinski definition) is 0. The molecule has 0 N–H and O–H groups in total. The predicted octanol–water partition coefficient (Wildman–Crippen LogP) is 2.44. The van der Waals surface area contributed by atoms with Gasteiger partial charge in [-0.25, -0.2) is 9.78 Å².